The van der Waals surface area contributed by atoms with Gasteiger partial charge in [-0.1, -0.05) is 24.6 Å². The second-order valence-electron chi connectivity index (χ2n) is 4.35. The minimum atomic E-state index is 0.269. The number of hydrogen-bond donors (Lipinski definition) is 2. The van der Waals surface area contributed by atoms with Crippen LogP contribution < -0.4 is 4.90 Å². The summed E-state index contributed by atoms with van der Waals surface area (Å²) in [7, 11) is 0. The van der Waals surface area contributed by atoms with Gasteiger partial charge in [0.25, 0.3) is 0 Å². The summed E-state index contributed by atoms with van der Waals surface area (Å²) in [6.07, 6.45) is 0. The molecule has 1 heterocycles. The zero-order valence-electron chi connectivity index (χ0n) is 8.96. The van der Waals surface area contributed by atoms with Gasteiger partial charge in [-0.15, -0.1) is 0 Å². The molecule has 0 radical (unpaired) electrons. The minimum absolute atomic E-state index is 0.269. The number of quaternary nitrogens is 1. The topological polar surface area (TPSA) is 24.7 Å². The molecule has 0 saturated heterocycles. The van der Waals surface area contributed by atoms with Gasteiger partial charge in [0.15, 0.2) is 0 Å². The van der Waals surface area contributed by atoms with Crippen LogP contribution in [0.2, 0.25) is 5.02 Å². The van der Waals surface area contributed by atoms with Gasteiger partial charge in [0.1, 0.15) is 13.1 Å². The molecule has 2 N–H and O–H groups in total. The van der Waals surface area contributed by atoms with Crippen molar-refractivity contribution in [3.8, 4) is 0 Å². The molecule has 3 heteroatoms. The van der Waals surface area contributed by atoms with Gasteiger partial charge in [-0.3, -0.25) is 0 Å². The van der Waals surface area contributed by atoms with Crippen molar-refractivity contribution in [3.05, 3.63) is 34.3 Å². The molecule has 2 atom stereocenters. The van der Waals surface area contributed by atoms with Crippen LogP contribution in [0.15, 0.2) is 18.2 Å². The Balaban J connectivity index is 2.24. The van der Waals surface area contributed by atoms with Crippen LogP contribution in [0.25, 0.3) is 0 Å². The Labute approximate surface area is 95.5 Å². The lowest BCUT2D eigenvalue weighted by Gasteiger charge is -2.29. The van der Waals surface area contributed by atoms with Crippen molar-refractivity contribution in [2.24, 2.45) is 0 Å². The zero-order chi connectivity index (χ0) is 10.8. The Hall–Kier alpha value is -0.570. The number of benzene rings is 1. The van der Waals surface area contributed by atoms with Crippen LogP contribution >= 0.6 is 11.6 Å². The second-order valence-corrected chi connectivity index (χ2v) is 4.79. The fourth-order valence-corrected chi connectivity index (χ4v) is 2.60. The first-order chi connectivity index (χ1) is 7.20. The van der Waals surface area contributed by atoms with Crippen molar-refractivity contribution in [1.29, 1.82) is 0 Å². The van der Waals surface area contributed by atoms with Crippen LogP contribution in [-0.2, 0) is 6.54 Å². The Morgan fingerprint density at radius 1 is 1.53 bits per heavy atom. The molecule has 2 nitrogen and oxygen atoms in total. The Kier molecular flexibility index (Phi) is 3.29. The number of fused-ring (bicyclic) bond motifs is 1. The van der Waals surface area contributed by atoms with E-state index in [1.807, 2.05) is 6.07 Å². The Morgan fingerprint density at radius 3 is 3.07 bits per heavy atom. The molecule has 1 aliphatic heterocycles. The maximum absolute atomic E-state index is 8.95. The molecule has 0 spiro atoms. The van der Waals surface area contributed by atoms with E-state index in [4.69, 9.17) is 16.7 Å². The normalized spacial score (nSPS) is 25.0. The van der Waals surface area contributed by atoms with Gasteiger partial charge in [0, 0.05) is 16.5 Å². The third-order valence-electron chi connectivity index (χ3n) is 3.14. The number of halogens is 1. The molecular weight excluding hydrogens is 210 g/mol. The van der Waals surface area contributed by atoms with Crippen LogP contribution in [0.4, 0.5) is 0 Å². The van der Waals surface area contributed by atoms with Gasteiger partial charge in [0.2, 0.25) is 0 Å². The lowest BCUT2D eigenvalue weighted by molar-refractivity contribution is -0.917. The van der Waals surface area contributed by atoms with E-state index in [0.29, 0.717) is 5.92 Å². The summed E-state index contributed by atoms with van der Waals surface area (Å²) in [4.78, 5) is 1.46. The molecule has 0 saturated carbocycles. The van der Waals surface area contributed by atoms with Crippen molar-refractivity contribution >= 4 is 11.6 Å². The molecule has 1 unspecified atom stereocenters. The highest BCUT2D eigenvalue weighted by molar-refractivity contribution is 6.30. The monoisotopic (exact) mass is 226 g/mol. The van der Waals surface area contributed by atoms with Gasteiger partial charge in [-0.25, -0.2) is 0 Å². The summed E-state index contributed by atoms with van der Waals surface area (Å²) in [5.74, 6) is 0.536. The summed E-state index contributed by atoms with van der Waals surface area (Å²) in [5, 5.41) is 9.78. The van der Waals surface area contributed by atoms with E-state index in [9.17, 15) is 0 Å². The Morgan fingerprint density at radius 2 is 2.33 bits per heavy atom. The first kappa shape index (κ1) is 10.9. The van der Waals surface area contributed by atoms with Gasteiger partial charge in [-0.05, 0) is 17.7 Å². The van der Waals surface area contributed by atoms with Crippen LogP contribution in [0.5, 0.6) is 0 Å². The molecule has 1 aromatic carbocycles. The van der Waals surface area contributed by atoms with E-state index < -0.39 is 0 Å². The molecule has 0 aromatic heterocycles. The fraction of sp³-hybridized carbons (Fsp3) is 0.500. The highest BCUT2D eigenvalue weighted by Crippen LogP contribution is 2.24. The van der Waals surface area contributed by atoms with Crippen molar-refractivity contribution in [2.75, 3.05) is 19.7 Å². The summed E-state index contributed by atoms with van der Waals surface area (Å²) in [5.41, 5.74) is 2.76. The lowest BCUT2D eigenvalue weighted by Crippen LogP contribution is -3.12. The highest BCUT2D eigenvalue weighted by atomic mass is 35.5. The highest BCUT2D eigenvalue weighted by Gasteiger charge is 2.24. The van der Waals surface area contributed by atoms with E-state index in [1.165, 1.54) is 16.0 Å². The van der Waals surface area contributed by atoms with Crippen molar-refractivity contribution in [1.82, 2.24) is 0 Å². The summed E-state index contributed by atoms with van der Waals surface area (Å²) in [6, 6.07) is 6.15. The Bertz CT molecular complexity index is 353. The summed E-state index contributed by atoms with van der Waals surface area (Å²) >= 11 is 5.99. The van der Waals surface area contributed by atoms with E-state index in [-0.39, 0.29) is 6.61 Å². The van der Waals surface area contributed by atoms with Crippen molar-refractivity contribution in [2.45, 2.75) is 19.4 Å². The van der Waals surface area contributed by atoms with E-state index in [0.717, 1.165) is 24.7 Å². The van der Waals surface area contributed by atoms with Gasteiger partial charge in [0.05, 0.1) is 13.2 Å². The number of nitrogens with one attached hydrogen (secondary N) is 1. The molecule has 2 rings (SSSR count). The van der Waals surface area contributed by atoms with Gasteiger partial charge >= 0.3 is 0 Å². The fourth-order valence-electron chi connectivity index (χ4n) is 2.42. The molecular formula is C12H17ClNO+. The molecule has 0 fully saturated rings. The maximum atomic E-state index is 8.95. The van der Waals surface area contributed by atoms with Crippen LogP contribution in [-0.4, -0.2) is 24.8 Å². The molecule has 0 aliphatic carbocycles. The second kappa shape index (κ2) is 4.52. The maximum Gasteiger partial charge on any atom is 0.103 e. The minimum Gasteiger partial charge on any atom is -0.391 e. The predicted molar refractivity (Wildman–Crippen MR) is 61.4 cm³/mol. The standard InChI is InChI=1S/C12H16ClNO/c1-9-7-14(4-5-15)8-10-2-3-11(13)6-12(9)10/h2-3,6,9,15H,4-5,7-8H2,1H3/p+1/t9-/m1/s1. The molecule has 0 bridgehead atoms. The van der Waals surface area contributed by atoms with Crippen molar-refractivity contribution in [3.63, 3.8) is 0 Å². The third kappa shape index (κ3) is 2.33. The third-order valence-corrected chi connectivity index (χ3v) is 3.37. The van der Waals surface area contributed by atoms with Gasteiger partial charge < -0.3 is 10.0 Å². The first-order valence-corrected chi connectivity index (χ1v) is 5.81. The predicted octanol–water partition coefficient (Wildman–Crippen LogP) is 0.834. The number of rotatable bonds is 2. The molecule has 1 aromatic rings. The summed E-state index contributed by atoms with van der Waals surface area (Å²) < 4.78 is 0. The molecule has 1 aliphatic rings. The molecule has 82 valence electrons. The van der Waals surface area contributed by atoms with Crippen LogP contribution in [0, 0.1) is 0 Å². The quantitative estimate of drug-likeness (QED) is 0.768. The SMILES string of the molecule is C[C@@H]1C[NH+](CCO)Cc2ccc(Cl)cc21. The van der Waals surface area contributed by atoms with E-state index in [1.54, 1.807) is 0 Å². The zero-order valence-corrected chi connectivity index (χ0v) is 9.72. The first-order valence-electron chi connectivity index (χ1n) is 5.43. The van der Waals surface area contributed by atoms with Crippen LogP contribution in [0.1, 0.15) is 24.0 Å². The van der Waals surface area contributed by atoms with Gasteiger partial charge in [-0.2, -0.15) is 0 Å². The van der Waals surface area contributed by atoms with E-state index in [2.05, 4.69) is 19.1 Å². The number of aliphatic hydroxyl groups is 1. The largest absolute Gasteiger partial charge is 0.391 e. The smallest absolute Gasteiger partial charge is 0.103 e. The van der Waals surface area contributed by atoms with Crippen molar-refractivity contribution < 1.29 is 10.0 Å². The average Bonchev–Trinajstić information content (AvgIpc) is 2.20. The van der Waals surface area contributed by atoms with E-state index >= 15 is 0 Å². The lowest BCUT2D eigenvalue weighted by atomic mass is 9.91. The average molecular weight is 227 g/mol. The summed E-state index contributed by atoms with van der Waals surface area (Å²) in [6.45, 7) is 5.44. The number of aliphatic hydroxyl groups excluding tert-OH is 1. The number of hydrogen-bond acceptors (Lipinski definition) is 1. The molecule has 0 amide bonds. The van der Waals surface area contributed by atoms with Crippen LogP contribution in [0.3, 0.4) is 0 Å². The molecule has 15 heavy (non-hydrogen) atoms.